The summed E-state index contributed by atoms with van der Waals surface area (Å²) in [6, 6.07) is 9.10. The van der Waals surface area contributed by atoms with Gasteiger partial charge in [-0.25, -0.2) is 8.42 Å². The Kier molecular flexibility index (Phi) is 7.00. The van der Waals surface area contributed by atoms with Crippen LogP contribution in [0.2, 0.25) is 5.02 Å². The van der Waals surface area contributed by atoms with Crippen LogP contribution in [0, 0.1) is 6.92 Å². The van der Waals surface area contributed by atoms with Crippen LogP contribution in [-0.4, -0.2) is 56.8 Å². The highest BCUT2D eigenvalue weighted by atomic mass is 35.5. The molecule has 0 unspecified atom stereocenters. The Morgan fingerprint density at radius 2 is 1.84 bits per heavy atom. The first-order chi connectivity index (χ1) is 14.7. The highest BCUT2D eigenvalue weighted by molar-refractivity contribution is 7.89. The minimum atomic E-state index is -4.04. The fraction of sp³-hybridized carbons (Fsp3) is 0.333. The molecule has 0 atom stereocenters. The minimum Gasteiger partial charge on any atom is -0.339 e. The molecule has 1 aliphatic heterocycles. The van der Waals surface area contributed by atoms with E-state index < -0.39 is 15.9 Å². The molecule has 0 saturated carbocycles. The van der Waals surface area contributed by atoms with Gasteiger partial charge < -0.3 is 10.2 Å². The van der Waals surface area contributed by atoms with Crippen molar-refractivity contribution >= 4 is 39.1 Å². The largest absolute Gasteiger partial charge is 0.339 e. The molecule has 0 aromatic heterocycles. The number of hydrogen-bond donors (Lipinski definition) is 1. The van der Waals surface area contributed by atoms with Gasteiger partial charge >= 0.3 is 0 Å². The van der Waals surface area contributed by atoms with Crippen LogP contribution >= 0.6 is 11.6 Å². The Bertz CT molecular complexity index is 1110. The smallest absolute Gasteiger partial charge is 0.266 e. The van der Waals surface area contributed by atoms with Gasteiger partial charge in [0.2, 0.25) is 0 Å². The van der Waals surface area contributed by atoms with E-state index >= 15 is 0 Å². The number of hydrogen-bond acceptors (Lipinski definition) is 5. The summed E-state index contributed by atoms with van der Waals surface area (Å²) >= 11 is 6.05. The van der Waals surface area contributed by atoms with Crippen LogP contribution in [0.4, 0.5) is 5.69 Å². The topological polar surface area (TPSA) is 96.0 Å². The summed E-state index contributed by atoms with van der Waals surface area (Å²) in [5, 5.41) is 2.73. The lowest BCUT2D eigenvalue weighted by Gasteiger charge is -2.18. The van der Waals surface area contributed by atoms with E-state index in [4.69, 9.17) is 16.4 Å². The molecule has 0 radical (unpaired) electrons. The number of carbonyl (C=O) groups excluding carboxylic acids is 2. The summed E-state index contributed by atoms with van der Waals surface area (Å²) < 4.78 is 25.8. The Hall–Kier alpha value is -2.46. The van der Waals surface area contributed by atoms with Gasteiger partial charge in [0.1, 0.15) is 4.90 Å². The average Bonchev–Trinajstić information content (AvgIpc) is 3.29. The number of hydroxylamine groups is 1. The number of carbonyl (C=O) groups is 2. The van der Waals surface area contributed by atoms with Gasteiger partial charge in [-0.15, -0.1) is 0 Å². The first kappa shape index (κ1) is 23.2. The Morgan fingerprint density at radius 1 is 1.16 bits per heavy atom. The van der Waals surface area contributed by atoms with E-state index in [0.29, 0.717) is 21.3 Å². The van der Waals surface area contributed by atoms with Crippen molar-refractivity contribution in [2.24, 2.45) is 0 Å². The van der Waals surface area contributed by atoms with E-state index in [1.54, 1.807) is 30.0 Å². The summed E-state index contributed by atoms with van der Waals surface area (Å²) in [6.07, 6.45) is 1.97. The number of benzene rings is 2. The molecule has 2 aromatic rings. The fourth-order valence-electron chi connectivity index (χ4n) is 3.37. The van der Waals surface area contributed by atoms with Crippen molar-refractivity contribution in [2.45, 2.75) is 24.7 Å². The van der Waals surface area contributed by atoms with Crippen molar-refractivity contribution in [3.63, 3.8) is 0 Å². The second-order valence-electron chi connectivity index (χ2n) is 7.17. The molecular weight excluding hydrogens is 442 g/mol. The SMILES string of the molecule is CON(C)S(=O)(=O)c1cc(C(=O)Nc2cccc(C(=O)N3CCCC3)c2C)ccc1Cl. The lowest BCUT2D eigenvalue weighted by atomic mass is 10.0. The molecule has 2 amide bonds. The summed E-state index contributed by atoms with van der Waals surface area (Å²) in [5.74, 6) is -0.587. The highest BCUT2D eigenvalue weighted by Gasteiger charge is 2.26. The molecule has 1 aliphatic rings. The van der Waals surface area contributed by atoms with Crippen LogP contribution in [0.5, 0.6) is 0 Å². The van der Waals surface area contributed by atoms with Crippen LogP contribution in [0.3, 0.4) is 0 Å². The van der Waals surface area contributed by atoms with Crippen LogP contribution in [0.15, 0.2) is 41.3 Å². The molecule has 1 heterocycles. The maximum Gasteiger partial charge on any atom is 0.266 e. The summed E-state index contributed by atoms with van der Waals surface area (Å²) in [4.78, 5) is 31.9. The monoisotopic (exact) mass is 465 g/mol. The minimum absolute atomic E-state index is 0.0326. The van der Waals surface area contributed by atoms with Gasteiger partial charge in [0.05, 0.1) is 12.1 Å². The Balaban J connectivity index is 1.88. The van der Waals surface area contributed by atoms with Crippen molar-refractivity contribution < 1.29 is 22.8 Å². The van der Waals surface area contributed by atoms with Crippen LogP contribution in [0.1, 0.15) is 39.1 Å². The van der Waals surface area contributed by atoms with Crippen LogP contribution in [0.25, 0.3) is 0 Å². The Labute approximate surface area is 186 Å². The molecule has 0 bridgehead atoms. The highest BCUT2D eigenvalue weighted by Crippen LogP contribution is 2.27. The van der Waals surface area contributed by atoms with Crippen LogP contribution < -0.4 is 5.32 Å². The normalized spacial score (nSPS) is 14.2. The number of sulfonamides is 1. The molecule has 2 aromatic carbocycles. The van der Waals surface area contributed by atoms with E-state index in [1.807, 2.05) is 0 Å². The molecule has 1 saturated heterocycles. The number of rotatable bonds is 6. The van der Waals surface area contributed by atoms with Crippen LogP contribution in [-0.2, 0) is 14.9 Å². The number of amides is 2. The second kappa shape index (κ2) is 9.35. The zero-order valence-corrected chi connectivity index (χ0v) is 19.1. The van der Waals surface area contributed by atoms with Crippen molar-refractivity contribution in [2.75, 3.05) is 32.6 Å². The van der Waals surface area contributed by atoms with Gasteiger partial charge in [-0.1, -0.05) is 22.1 Å². The first-order valence-electron chi connectivity index (χ1n) is 9.69. The maximum absolute atomic E-state index is 12.8. The molecule has 1 fully saturated rings. The van der Waals surface area contributed by atoms with Crippen molar-refractivity contribution in [3.05, 3.63) is 58.1 Å². The number of nitrogens with zero attached hydrogens (tertiary/aromatic N) is 2. The molecular formula is C21H24ClN3O5S. The zero-order valence-electron chi connectivity index (χ0n) is 17.5. The van der Waals surface area contributed by atoms with Crippen molar-refractivity contribution in [3.8, 4) is 0 Å². The number of nitrogens with one attached hydrogen (secondary N) is 1. The predicted molar refractivity (Wildman–Crippen MR) is 118 cm³/mol. The standard InChI is InChI=1S/C21H24ClN3O5S/c1-14-16(21(27)25-11-4-5-12-25)7-6-8-18(14)23-20(26)15-9-10-17(22)19(13-15)31(28,29)24(2)30-3/h6-10,13H,4-5,11-12H2,1-3H3,(H,23,26). The summed E-state index contributed by atoms with van der Waals surface area (Å²) in [6.45, 7) is 3.23. The molecule has 10 heteroatoms. The molecule has 1 N–H and O–H groups in total. The number of halogens is 1. The van der Waals surface area contributed by atoms with Gasteiger partial charge in [-0.3, -0.25) is 14.4 Å². The third-order valence-electron chi connectivity index (χ3n) is 5.27. The molecule has 3 rings (SSSR count). The number of anilines is 1. The van der Waals surface area contributed by atoms with Crippen molar-refractivity contribution in [1.82, 2.24) is 9.37 Å². The van der Waals surface area contributed by atoms with E-state index in [1.165, 1.54) is 32.4 Å². The van der Waals surface area contributed by atoms with Gasteiger partial charge in [-0.2, -0.15) is 0 Å². The lowest BCUT2D eigenvalue weighted by Crippen LogP contribution is -2.28. The van der Waals surface area contributed by atoms with E-state index in [0.717, 1.165) is 25.9 Å². The molecule has 0 spiro atoms. The second-order valence-corrected chi connectivity index (χ2v) is 9.49. The molecule has 166 valence electrons. The average molecular weight is 466 g/mol. The summed E-state index contributed by atoms with van der Waals surface area (Å²) in [7, 11) is -1.60. The fourth-order valence-corrected chi connectivity index (χ4v) is 4.84. The van der Waals surface area contributed by atoms with Gasteiger partial charge in [0.25, 0.3) is 21.8 Å². The van der Waals surface area contributed by atoms with Gasteiger partial charge in [0.15, 0.2) is 0 Å². The third kappa shape index (κ3) is 4.74. The van der Waals surface area contributed by atoms with E-state index in [9.17, 15) is 18.0 Å². The summed E-state index contributed by atoms with van der Waals surface area (Å²) in [5.41, 5.74) is 1.75. The molecule has 0 aliphatic carbocycles. The predicted octanol–water partition coefficient (Wildman–Crippen LogP) is 3.32. The van der Waals surface area contributed by atoms with E-state index in [-0.39, 0.29) is 21.4 Å². The number of likely N-dealkylation sites (tertiary alicyclic amines) is 1. The molecule has 8 nitrogen and oxygen atoms in total. The first-order valence-corrected chi connectivity index (χ1v) is 11.5. The third-order valence-corrected chi connectivity index (χ3v) is 7.43. The van der Waals surface area contributed by atoms with Crippen molar-refractivity contribution in [1.29, 1.82) is 0 Å². The quantitative estimate of drug-likeness (QED) is 0.660. The van der Waals surface area contributed by atoms with E-state index in [2.05, 4.69) is 5.32 Å². The zero-order chi connectivity index (χ0) is 22.8. The van der Waals surface area contributed by atoms with Gasteiger partial charge in [0, 0.05) is 37.0 Å². The lowest BCUT2D eigenvalue weighted by molar-refractivity contribution is -0.0258. The maximum atomic E-state index is 12.8. The van der Waals surface area contributed by atoms with Gasteiger partial charge in [-0.05, 0) is 55.7 Å². The molecule has 31 heavy (non-hydrogen) atoms. The Morgan fingerprint density at radius 3 is 2.48 bits per heavy atom.